The number of carboxylic acid groups (broad SMARTS) is 1. The summed E-state index contributed by atoms with van der Waals surface area (Å²) in [6.07, 6.45) is 1.92. The average Bonchev–Trinajstić information content (AvgIpc) is 3.04. The molecule has 150 valence electrons. The van der Waals surface area contributed by atoms with Crippen LogP contribution < -0.4 is 4.74 Å². The minimum Gasteiger partial charge on any atom is -0.507 e. The molecule has 0 saturated carbocycles. The Kier molecular flexibility index (Phi) is 5.31. The van der Waals surface area contributed by atoms with Crippen molar-refractivity contribution in [3.8, 4) is 5.75 Å². The number of ether oxygens (including phenoxy) is 1. The lowest BCUT2D eigenvalue weighted by molar-refractivity contribution is -0.146. The molecule has 3 rings (SSSR count). The van der Waals surface area contributed by atoms with Crippen LogP contribution in [0.3, 0.4) is 0 Å². The minimum atomic E-state index is -1.75. The molecule has 29 heavy (non-hydrogen) atoms. The van der Waals surface area contributed by atoms with Crippen molar-refractivity contribution in [2.45, 2.75) is 6.54 Å². The number of fused-ring (bicyclic) bond motifs is 1. The molecule has 0 amide bonds. The molecule has 2 N–H and O–H groups in total. The number of aliphatic carboxylic acids is 1. The first-order valence-electron chi connectivity index (χ1n) is 8.20. The summed E-state index contributed by atoms with van der Waals surface area (Å²) in [5, 5.41) is 19.4. The lowest BCUT2D eigenvalue weighted by Gasteiger charge is -2.08. The first-order chi connectivity index (χ1) is 13.7. The highest BCUT2D eigenvalue weighted by molar-refractivity contribution is 6.38. The van der Waals surface area contributed by atoms with Gasteiger partial charge in [0.2, 0.25) is 0 Å². The van der Waals surface area contributed by atoms with Gasteiger partial charge in [0.1, 0.15) is 11.5 Å². The predicted octanol–water partition coefficient (Wildman–Crippen LogP) is 3.67. The lowest BCUT2D eigenvalue weighted by Crippen LogP contribution is -2.09. The number of benzene rings is 2. The molecule has 6 nitrogen and oxygen atoms in total. The standard InChI is InChI=1S/C20H14F3NO5/c1-29-17-4-2-3-14-18(17)11(15(25)7-16(26)20(27)28)9-24(14)8-10-5-12(21)19(23)13(22)6-10/h2-7,9,25H,8H2,1H3,(H,27,28). The van der Waals surface area contributed by atoms with E-state index in [1.54, 1.807) is 18.2 Å². The van der Waals surface area contributed by atoms with Gasteiger partial charge in [-0.15, -0.1) is 0 Å². The van der Waals surface area contributed by atoms with Gasteiger partial charge in [-0.1, -0.05) is 6.07 Å². The SMILES string of the molecule is COc1cccc2c1c(C(O)=CC(=O)C(=O)O)cn2Cc1cc(F)c(F)c(F)c1. The highest BCUT2D eigenvalue weighted by Gasteiger charge is 2.19. The third kappa shape index (κ3) is 3.79. The molecule has 0 bridgehead atoms. The van der Waals surface area contributed by atoms with Crippen LogP contribution in [0.4, 0.5) is 13.2 Å². The van der Waals surface area contributed by atoms with E-state index in [2.05, 4.69) is 0 Å². The van der Waals surface area contributed by atoms with E-state index < -0.39 is 35.0 Å². The fourth-order valence-corrected chi connectivity index (χ4v) is 2.97. The zero-order valence-corrected chi connectivity index (χ0v) is 14.9. The molecule has 3 aromatic rings. The van der Waals surface area contributed by atoms with Gasteiger partial charge >= 0.3 is 5.97 Å². The van der Waals surface area contributed by atoms with Crippen molar-refractivity contribution in [3.63, 3.8) is 0 Å². The Labute approximate surface area is 162 Å². The van der Waals surface area contributed by atoms with Crippen LogP contribution in [0.2, 0.25) is 0 Å². The van der Waals surface area contributed by atoms with Gasteiger partial charge in [-0.3, -0.25) is 4.79 Å². The van der Waals surface area contributed by atoms with Crippen LogP contribution in [0.1, 0.15) is 11.1 Å². The maximum Gasteiger partial charge on any atom is 0.376 e. The van der Waals surface area contributed by atoms with E-state index in [4.69, 9.17) is 9.84 Å². The molecule has 1 heterocycles. The average molecular weight is 405 g/mol. The summed E-state index contributed by atoms with van der Waals surface area (Å²) < 4.78 is 47.0. The highest BCUT2D eigenvalue weighted by atomic mass is 19.2. The fourth-order valence-electron chi connectivity index (χ4n) is 2.97. The van der Waals surface area contributed by atoms with Crippen LogP contribution in [0.15, 0.2) is 42.6 Å². The molecule has 0 atom stereocenters. The van der Waals surface area contributed by atoms with Gasteiger partial charge in [-0.2, -0.15) is 0 Å². The second kappa shape index (κ2) is 7.70. The molecular weight excluding hydrogens is 391 g/mol. The summed E-state index contributed by atoms with van der Waals surface area (Å²) in [6, 6.07) is 6.53. The molecule has 2 aromatic carbocycles. The fraction of sp³-hybridized carbons (Fsp3) is 0.100. The smallest absolute Gasteiger partial charge is 0.376 e. The van der Waals surface area contributed by atoms with Crippen molar-refractivity contribution in [1.82, 2.24) is 4.57 Å². The second-order valence-electron chi connectivity index (χ2n) is 6.10. The van der Waals surface area contributed by atoms with Crippen LogP contribution in [0, 0.1) is 17.5 Å². The number of rotatable bonds is 6. The Hall–Kier alpha value is -3.75. The molecule has 0 aliphatic carbocycles. The van der Waals surface area contributed by atoms with Crippen LogP contribution in [-0.4, -0.2) is 33.6 Å². The first kappa shape index (κ1) is 20.0. The Morgan fingerprint density at radius 3 is 2.38 bits per heavy atom. The topological polar surface area (TPSA) is 88.8 Å². The van der Waals surface area contributed by atoms with E-state index in [1.165, 1.54) is 17.9 Å². The summed E-state index contributed by atoms with van der Waals surface area (Å²) in [5.41, 5.74) is 0.653. The Morgan fingerprint density at radius 1 is 1.14 bits per heavy atom. The molecule has 0 fully saturated rings. The summed E-state index contributed by atoms with van der Waals surface area (Å²) in [6.45, 7) is -0.0993. The van der Waals surface area contributed by atoms with Crippen molar-refractivity contribution in [2.24, 2.45) is 0 Å². The maximum atomic E-state index is 13.5. The molecular formula is C20H14F3NO5. The Balaban J connectivity index is 2.17. The van der Waals surface area contributed by atoms with Crippen molar-refractivity contribution >= 4 is 28.4 Å². The van der Waals surface area contributed by atoms with E-state index in [-0.39, 0.29) is 17.7 Å². The number of ketones is 1. The third-order valence-electron chi connectivity index (χ3n) is 4.24. The molecule has 0 saturated heterocycles. The number of nitrogens with zero attached hydrogens (tertiary/aromatic N) is 1. The van der Waals surface area contributed by atoms with Crippen LogP contribution >= 0.6 is 0 Å². The summed E-state index contributed by atoms with van der Waals surface area (Å²) in [7, 11) is 1.38. The zero-order valence-electron chi connectivity index (χ0n) is 14.9. The van der Waals surface area contributed by atoms with Gasteiger partial charge in [0.25, 0.3) is 5.78 Å². The van der Waals surface area contributed by atoms with Gasteiger partial charge < -0.3 is 19.5 Å². The summed E-state index contributed by atoms with van der Waals surface area (Å²) in [4.78, 5) is 22.2. The monoisotopic (exact) mass is 405 g/mol. The van der Waals surface area contributed by atoms with Crippen molar-refractivity contribution < 1.29 is 37.7 Å². The number of hydrogen-bond donors (Lipinski definition) is 2. The number of aromatic nitrogens is 1. The normalized spacial score (nSPS) is 11.7. The molecule has 0 aliphatic heterocycles. The minimum absolute atomic E-state index is 0.0788. The quantitative estimate of drug-likeness (QED) is 0.283. The van der Waals surface area contributed by atoms with Crippen LogP contribution in [-0.2, 0) is 16.1 Å². The molecule has 0 radical (unpaired) electrons. The molecule has 1 aromatic heterocycles. The van der Waals surface area contributed by atoms with Gasteiger partial charge in [-0.05, 0) is 29.8 Å². The molecule has 0 unspecified atom stereocenters. The lowest BCUT2D eigenvalue weighted by atomic mass is 10.1. The first-order valence-corrected chi connectivity index (χ1v) is 8.20. The number of carbonyl (C=O) groups is 2. The molecule has 0 spiro atoms. The summed E-state index contributed by atoms with van der Waals surface area (Å²) in [5.74, 6) is -7.66. The van der Waals surface area contributed by atoms with E-state index >= 15 is 0 Å². The number of carboxylic acids is 1. The number of aliphatic hydroxyl groups is 1. The summed E-state index contributed by atoms with van der Waals surface area (Å²) >= 11 is 0. The highest BCUT2D eigenvalue weighted by Crippen LogP contribution is 2.34. The van der Waals surface area contributed by atoms with E-state index in [9.17, 15) is 27.9 Å². The zero-order chi connectivity index (χ0) is 21.3. The third-order valence-corrected chi connectivity index (χ3v) is 4.24. The van der Waals surface area contributed by atoms with Crippen molar-refractivity contribution in [2.75, 3.05) is 7.11 Å². The van der Waals surface area contributed by atoms with Gasteiger partial charge in [0, 0.05) is 24.4 Å². The number of carbonyl (C=O) groups excluding carboxylic acids is 1. The number of halogens is 3. The van der Waals surface area contributed by atoms with Gasteiger partial charge in [-0.25, -0.2) is 18.0 Å². The van der Waals surface area contributed by atoms with Crippen LogP contribution in [0.5, 0.6) is 5.75 Å². The molecule has 9 heteroatoms. The Morgan fingerprint density at radius 2 is 1.79 bits per heavy atom. The van der Waals surface area contributed by atoms with Crippen LogP contribution in [0.25, 0.3) is 16.7 Å². The van der Waals surface area contributed by atoms with Crippen molar-refractivity contribution in [1.29, 1.82) is 0 Å². The molecule has 0 aliphatic rings. The number of methoxy groups -OCH3 is 1. The van der Waals surface area contributed by atoms with Gasteiger partial charge in [0.15, 0.2) is 17.5 Å². The number of aliphatic hydroxyl groups excluding tert-OH is 1. The number of hydrogen-bond acceptors (Lipinski definition) is 4. The van der Waals surface area contributed by atoms with E-state index in [1.807, 2.05) is 0 Å². The maximum absolute atomic E-state index is 13.5. The predicted molar refractivity (Wildman–Crippen MR) is 97.2 cm³/mol. The second-order valence-corrected chi connectivity index (χ2v) is 6.10. The van der Waals surface area contributed by atoms with E-state index in [0.717, 1.165) is 12.1 Å². The van der Waals surface area contributed by atoms with Crippen molar-refractivity contribution in [3.05, 3.63) is 71.2 Å². The van der Waals surface area contributed by atoms with E-state index in [0.29, 0.717) is 22.7 Å². The Bertz CT molecular complexity index is 1140. The largest absolute Gasteiger partial charge is 0.507 e. The van der Waals surface area contributed by atoms with Gasteiger partial charge in [0.05, 0.1) is 18.0 Å².